The van der Waals surface area contributed by atoms with Gasteiger partial charge in [0.05, 0.1) is 25.2 Å². The third kappa shape index (κ3) is 39.2. The molecule has 0 bridgehead atoms. The van der Waals surface area contributed by atoms with E-state index in [0.29, 0.717) is 19.3 Å². The van der Waals surface area contributed by atoms with Crippen molar-refractivity contribution in [3.8, 4) is 0 Å². The number of aliphatic hydroxyl groups excluding tert-OH is 2. The van der Waals surface area contributed by atoms with Gasteiger partial charge in [0.25, 0.3) is 0 Å². The minimum atomic E-state index is -0.791. The molecule has 0 spiro atoms. The average Bonchev–Trinajstić information content (AvgIpc) is 3.19. The summed E-state index contributed by atoms with van der Waals surface area (Å²) in [4.78, 5) is 26.0. The maximum absolute atomic E-state index is 13.1. The number of unbranched alkanes of at least 4 members (excludes halogenated alkanes) is 28. The molecule has 0 aliphatic carbocycles. The number of ether oxygens (including phenoxy) is 1. The standard InChI is InChI=1S/C50H95NO5/c1-4-7-10-13-16-19-22-23-24-25-28-30-33-36-39-42-48(53)47(45-52)51-49(54)44-46(41-38-35-32-29-26-20-17-14-11-8-5-2)56-50(55)43-40-37-34-31-27-21-18-15-12-9-6-3/h15,18,29,32,46-48,52-53H,4-14,16-17,19-28,30-31,33-45H2,1-3H3,(H,51,54)/b18-15-,32-29-. The van der Waals surface area contributed by atoms with Gasteiger partial charge in [-0.2, -0.15) is 0 Å². The predicted octanol–water partition coefficient (Wildman–Crippen LogP) is 14.3. The van der Waals surface area contributed by atoms with Gasteiger partial charge in [-0.15, -0.1) is 0 Å². The Morgan fingerprint density at radius 1 is 0.500 bits per heavy atom. The lowest BCUT2D eigenvalue weighted by atomic mass is 10.0. The van der Waals surface area contributed by atoms with E-state index in [4.69, 9.17) is 4.74 Å². The number of carbonyl (C=O) groups is 2. The summed E-state index contributed by atoms with van der Waals surface area (Å²) in [6.07, 6.45) is 49.5. The summed E-state index contributed by atoms with van der Waals surface area (Å²) in [5.41, 5.74) is 0. The first-order chi connectivity index (χ1) is 27.5. The summed E-state index contributed by atoms with van der Waals surface area (Å²) in [7, 11) is 0. The van der Waals surface area contributed by atoms with Crippen LogP contribution in [0, 0.1) is 0 Å². The molecule has 0 aromatic heterocycles. The Labute approximate surface area is 348 Å². The molecule has 0 saturated carbocycles. The number of hydrogen-bond donors (Lipinski definition) is 3. The normalized spacial score (nSPS) is 13.4. The topological polar surface area (TPSA) is 95.9 Å². The smallest absolute Gasteiger partial charge is 0.306 e. The summed E-state index contributed by atoms with van der Waals surface area (Å²) >= 11 is 0. The van der Waals surface area contributed by atoms with Crippen LogP contribution in [0.1, 0.15) is 258 Å². The second-order valence-electron chi connectivity index (χ2n) is 16.9. The molecule has 56 heavy (non-hydrogen) atoms. The number of hydrogen-bond acceptors (Lipinski definition) is 5. The highest BCUT2D eigenvalue weighted by Crippen LogP contribution is 2.17. The van der Waals surface area contributed by atoms with Crippen molar-refractivity contribution in [1.82, 2.24) is 5.32 Å². The fourth-order valence-electron chi connectivity index (χ4n) is 7.47. The largest absolute Gasteiger partial charge is 0.462 e. The van der Waals surface area contributed by atoms with Crippen molar-refractivity contribution in [2.45, 2.75) is 277 Å². The van der Waals surface area contributed by atoms with Crippen molar-refractivity contribution in [3.05, 3.63) is 24.3 Å². The zero-order valence-corrected chi connectivity index (χ0v) is 37.5. The second kappa shape index (κ2) is 44.4. The van der Waals surface area contributed by atoms with Crippen LogP contribution < -0.4 is 5.32 Å². The Morgan fingerprint density at radius 2 is 0.893 bits per heavy atom. The lowest BCUT2D eigenvalue weighted by molar-refractivity contribution is -0.151. The van der Waals surface area contributed by atoms with Gasteiger partial charge in [-0.25, -0.2) is 0 Å². The SMILES string of the molecule is CCCC/C=C\CCCCCCCC(=O)OC(CCC/C=C\CCCCCCCC)CC(=O)NC(CO)C(O)CCCCCCCCCCCCCCCCC. The molecular formula is C50H95NO5. The van der Waals surface area contributed by atoms with E-state index in [0.717, 1.165) is 57.8 Å². The number of allylic oxidation sites excluding steroid dienone is 4. The summed E-state index contributed by atoms with van der Waals surface area (Å²) < 4.78 is 5.88. The Kier molecular flexibility index (Phi) is 43.1. The van der Waals surface area contributed by atoms with Gasteiger partial charge in [-0.05, 0) is 64.2 Å². The molecule has 1 amide bonds. The van der Waals surface area contributed by atoms with Gasteiger partial charge < -0.3 is 20.3 Å². The number of carbonyl (C=O) groups excluding carboxylic acids is 2. The highest BCUT2D eigenvalue weighted by molar-refractivity contribution is 5.77. The summed E-state index contributed by atoms with van der Waals surface area (Å²) in [6, 6.07) is -0.706. The number of rotatable bonds is 44. The molecule has 0 rings (SSSR count). The molecule has 0 heterocycles. The molecule has 3 atom stereocenters. The molecule has 0 radical (unpaired) electrons. The maximum atomic E-state index is 13.1. The quantitative estimate of drug-likeness (QED) is 0.0324. The lowest BCUT2D eigenvalue weighted by Gasteiger charge is -2.24. The molecule has 330 valence electrons. The van der Waals surface area contributed by atoms with E-state index in [1.54, 1.807) is 0 Å². The van der Waals surface area contributed by atoms with Crippen LogP contribution in [0.4, 0.5) is 0 Å². The number of aliphatic hydroxyl groups is 2. The van der Waals surface area contributed by atoms with Crippen molar-refractivity contribution >= 4 is 11.9 Å². The van der Waals surface area contributed by atoms with Crippen molar-refractivity contribution in [1.29, 1.82) is 0 Å². The van der Waals surface area contributed by atoms with Crippen LogP contribution in [-0.4, -0.2) is 46.9 Å². The summed E-state index contributed by atoms with van der Waals surface area (Å²) in [5.74, 6) is -0.507. The Morgan fingerprint density at radius 3 is 1.36 bits per heavy atom. The van der Waals surface area contributed by atoms with Crippen LogP contribution in [0.5, 0.6) is 0 Å². The molecular weight excluding hydrogens is 695 g/mol. The van der Waals surface area contributed by atoms with Crippen LogP contribution in [0.25, 0.3) is 0 Å². The Bertz CT molecular complexity index is 889. The monoisotopic (exact) mass is 790 g/mol. The molecule has 0 aromatic rings. The highest BCUT2D eigenvalue weighted by Gasteiger charge is 2.24. The molecule has 3 unspecified atom stereocenters. The fraction of sp³-hybridized carbons (Fsp3) is 0.880. The van der Waals surface area contributed by atoms with Gasteiger partial charge in [-0.1, -0.05) is 206 Å². The zero-order chi connectivity index (χ0) is 41.0. The first-order valence-corrected chi connectivity index (χ1v) is 24.6. The molecule has 0 aromatic carbocycles. The molecule has 0 aliphatic rings. The predicted molar refractivity (Wildman–Crippen MR) is 241 cm³/mol. The van der Waals surface area contributed by atoms with Gasteiger partial charge in [0.2, 0.25) is 5.91 Å². The number of esters is 1. The molecule has 0 saturated heterocycles. The van der Waals surface area contributed by atoms with Crippen LogP contribution >= 0.6 is 0 Å². The molecule has 6 nitrogen and oxygen atoms in total. The first-order valence-electron chi connectivity index (χ1n) is 24.6. The van der Waals surface area contributed by atoms with E-state index in [2.05, 4.69) is 50.4 Å². The summed E-state index contributed by atoms with van der Waals surface area (Å²) in [5, 5.41) is 23.7. The van der Waals surface area contributed by atoms with Gasteiger partial charge in [-0.3, -0.25) is 9.59 Å². The third-order valence-electron chi connectivity index (χ3n) is 11.3. The minimum Gasteiger partial charge on any atom is -0.462 e. The minimum absolute atomic E-state index is 0.0567. The average molecular weight is 790 g/mol. The van der Waals surface area contributed by atoms with Crippen LogP contribution in [0.15, 0.2) is 24.3 Å². The summed E-state index contributed by atoms with van der Waals surface area (Å²) in [6.45, 7) is 6.43. The Hall–Kier alpha value is -1.66. The van der Waals surface area contributed by atoms with Crippen LogP contribution in [0.2, 0.25) is 0 Å². The van der Waals surface area contributed by atoms with Crippen molar-refractivity contribution in [3.63, 3.8) is 0 Å². The molecule has 3 N–H and O–H groups in total. The van der Waals surface area contributed by atoms with Gasteiger partial charge in [0, 0.05) is 6.42 Å². The van der Waals surface area contributed by atoms with E-state index in [1.807, 2.05) is 0 Å². The van der Waals surface area contributed by atoms with E-state index < -0.39 is 18.2 Å². The number of amides is 1. The van der Waals surface area contributed by atoms with Crippen molar-refractivity contribution in [2.75, 3.05) is 6.61 Å². The van der Waals surface area contributed by atoms with E-state index in [9.17, 15) is 19.8 Å². The Balaban J connectivity index is 4.53. The van der Waals surface area contributed by atoms with Gasteiger partial charge in [0.15, 0.2) is 0 Å². The molecule has 6 heteroatoms. The maximum Gasteiger partial charge on any atom is 0.306 e. The molecule has 0 fully saturated rings. The van der Waals surface area contributed by atoms with Crippen molar-refractivity contribution in [2.24, 2.45) is 0 Å². The van der Waals surface area contributed by atoms with E-state index >= 15 is 0 Å². The van der Waals surface area contributed by atoms with Gasteiger partial charge in [0.1, 0.15) is 6.10 Å². The fourth-order valence-corrected chi connectivity index (χ4v) is 7.47. The first kappa shape index (κ1) is 54.3. The molecule has 0 aliphatic heterocycles. The van der Waals surface area contributed by atoms with Crippen LogP contribution in [0.3, 0.4) is 0 Å². The van der Waals surface area contributed by atoms with E-state index in [-0.39, 0.29) is 24.9 Å². The van der Waals surface area contributed by atoms with Crippen LogP contribution in [-0.2, 0) is 14.3 Å². The highest BCUT2D eigenvalue weighted by atomic mass is 16.5. The van der Waals surface area contributed by atoms with Gasteiger partial charge >= 0.3 is 5.97 Å². The van der Waals surface area contributed by atoms with Crippen molar-refractivity contribution < 1.29 is 24.5 Å². The second-order valence-corrected chi connectivity index (χ2v) is 16.9. The zero-order valence-electron chi connectivity index (χ0n) is 37.5. The number of nitrogens with one attached hydrogen (secondary N) is 1. The lowest BCUT2D eigenvalue weighted by Crippen LogP contribution is -2.46. The third-order valence-corrected chi connectivity index (χ3v) is 11.3. The van der Waals surface area contributed by atoms with E-state index in [1.165, 1.54) is 154 Å².